The number of nitrogens with zero attached hydrogens (tertiary/aromatic N) is 2. The van der Waals surface area contributed by atoms with E-state index in [1.807, 2.05) is 6.20 Å². The van der Waals surface area contributed by atoms with Crippen LogP contribution in [0, 0.1) is 0 Å². The third kappa shape index (κ3) is 4.46. The van der Waals surface area contributed by atoms with Crippen molar-refractivity contribution in [1.29, 1.82) is 0 Å². The SMILES string of the molecule is CC(=O)Nc1ccc(N2C(=O)NC(=O)C(=CC=CN3CCCCC3)C2=O)cc1. The number of nitrogens with one attached hydrogen (secondary N) is 2. The molecule has 0 spiro atoms. The summed E-state index contributed by atoms with van der Waals surface area (Å²) in [6, 6.07) is 5.40. The summed E-state index contributed by atoms with van der Waals surface area (Å²) in [5.74, 6) is -1.63. The number of benzene rings is 1. The molecule has 2 heterocycles. The third-order valence-corrected chi connectivity index (χ3v) is 4.50. The van der Waals surface area contributed by atoms with Gasteiger partial charge >= 0.3 is 6.03 Å². The number of amides is 5. The molecule has 0 bridgehead atoms. The number of allylic oxidation sites excluding steroid dienone is 2. The van der Waals surface area contributed by atoms with Crippen LogP contribution in [0.1, 0.15) is 26.2 Å². The van der Waals surface area contributed by atoms with Crippen LogP contribution in [0.5, 0.6) is 0 Å². The van der Waals surface area contributed by atoms with Gasteiger partial charge in [0.15, 0.2) is 0 Å². The van der Waals surface area contributed by atoms with Gasteiger partial charge in [-0.25, -0.2) is 9.69 Å². The van der Waals surface area contributed by atoms with Crippen molar-refractivity contribution in [3.8, 4) is 0 Å². The predicted molar refractivity (Wildman–Crippen MR) is 104 cm³/mol. The number of rotatable bonds is 4. The summed E-state index contributed by atoms with van der Waals surface area (Å²) in [5, 5.41) is 4.80. The van der Waals surface area contributed by atoms with Crippen LogP contribution in [0.25, 0.3) is 0 Å². The molecule has 1 aromatic carbocycles. The molecule has 0 radical (unpaired) electrons. The van der Waals surface area contributed by atoms with Gasteiger partial charge in [0.2, 0.25) is 5.91 Å². The molecule has 28 heavy (non-hydrogen) atoms. The average molecular weight is 382 g/mol. The number of carbonyl (C=O) groups excluding carboxylic acids is 4. The lowest BCUT2D eigenvalue weighted by atomic mass is 10.1. The number of piperidine rings is 1. The molecule has 5 amide bonds. The molecule has 8 nitrogen and oxygen atoms in total. The number of hydrogen-bond donors (Lipinski definition) is 2. The van der Waals surface area contributed by atoms with Crippen LogP contribution in [-0.2, 0) is 14.4 Å². The van der Waals surface area contributed by atoms with Crippen molar-refractivity contribution in [2.24, 2.45) is 0 Å². The minimum Gasteiger partial charge on any atom is -0.377 e. The highest BCUT2D eigenvalue weighted by molar-refractivity contribution is 6.37. The Balaban J connectivity index is 1.78. The molecule has 2 fully saturated rings. The topological polar surface area (TPSA) is 98.8 Å². The Labute approximate surface area is 162 Å². The van der Waals surface area contributed by atoms with Gasteiger partial charge in [0.1, 0.15) is 5.57 Å². The van der Waals surface area contributed by atoms with Crippen molar-refractivity contribution in [3.05, 3.63) is 48.2 Å². The average Bonchev–Trinajstić information content (AvgIpc) is 2.66. The fourth-order valence-electron chi connectivity index (χ4n) is 3.14. The summed E-state index contributed by atoms with van der Waals surface area (Å²) in [4.78, 5) is 51.2. The van der Waals surface area contributed by atoms with Crippen molar-refractivity contribution in [2.75, 3.05) is 23.3 Å². The van der Waals surface area contributed by atoms with E-state index in [9.17, 15) is 19.2 Å². The first-order valence-corrected chi connectivity index (χ1v) is 9.15. The van der Waals surface area contributed by atoms with E-state index in [2.05, 4.69) is 15.5 Å². The Morgan fingerprint density at radius 3 is 2.39 bits per heavy atom. The summed E-state index contributed by atoms with van der Waals surface area (Å²) in [6.07, 6.45) is 8.40. The lowest BCUT2D eigenvalue weighted by Crippen LogP contribution is -2.54. The lowest BCUT2D eigenvalue weighted by molar-refractivity contribution is -0.122. The zero-order valence-corrected chi connectivity index (χ0v) is 15.6. The van der Waals surface area contributed by atoms with Crippen molar-refractivity contribution < 1.29 is 19.2 Å². The molecule has 3 rings (SSSR count). The summed E-state index contributed by atoms with van der Waals surface area (Å²) >= 11 is 0. The molecule has 2 saturated heterocycles. The van der Waals surface area contributed by atoms with Gasteiger partial charge in [-0.1, -0.05) is 0 Å². The van der Waals surface area contributed by atoms with E-state index in [0.29, 0.717) is 11.4 Å². The standard InChI is InChI=1S/C20H22N4O4/c1-14(25)21-15-7-9-16(10-8-15)24-19(27)17(18(26)22-20(24)28)6-5-13-23-11-3-2-4-12-23/h5-10,13H,2-4,11-12H2,1H3,(H,21,25)(H,22,26,28). The van der Waals surface area contributed by atoms with Crippen molar-refractivity contribution in [3.63, 3.8) is 0 Å². The van der Waals surface area contributed by atoms with E-state index in [4.69, 9.17) is 0 Å². The lowest BCUT2D eigenvalue weighted by Gasteiger charge is -2.26. The summed E-state index contributed by atoms with van der Waals surface area (Å²) in [6.45, 7) is 3.28. The van der Waals surface area contributed by atoms with E-state index in [1.165, 1.54) is 31.6 Å². The zero-order valence-electron chi connectivity index (χ0n) is 15.6. The Kier molecular flexibility index (Phi) is 5.88. The molecule has 8 heteroatoms. The molecular formula is C20H22N4O4. The Bertz CT molecular complexity index is 851. The smallest absolute Gasteiger partial charge is 0.335 e. The number of carbonyl (C=O) groups is 4. The highest BCUT2D eigenvalue weighted by atomic mass is 16.2. The van der Waals surface area contributed by atoms with Crippen LogP contribution in [-0.4, -0.2) is 41.7 Å². The number of imide groups is 2. The van der Waals surface area contributed by atoms with Gasteiger partial charge in [-0.2, -0.15) is 0 Å². The largest absolute Gasteiger partial charge is 0.377 e. The van der Waals surface area contributed by atoms with Crippen LogP contribution >= 0.6 is 0 Å². The molecule has 0 atom stereocenters. The molecular weight excluding hydrogens is 360 g/mol. The number of anilines is 2. The van der Waals surface area contributed by atoms with Gasteiger partial charge in [0, 0.05) is 25.7 Å². The number of likely N-dealkylation sites (tertiary alicyclic amines) is 1. The maximum atomic E-state index is 12.8. The van der Waals surface area contributed by atoms with Crippen LogP contribution in [0.15, 0.2) is 48.2 Å². The predicted octanol–water partition coefficient (Wildman–Crippen LogP) is 2.15. The van der Waals surface area contributed by atoms with E-state index in [1.54, 1.807) is 18.2 Å². The minimum atomic E-state index is -0.806. The molecule has 2 aliphatic rings. The van der Waals surface area contributed by atoms with Crippen LogP contribution in [0.3, 0.4) is 0 Å². The first-order valence-electron chi connectivity index (χ1n) is 9.15. The Hall–Kier alpha value is -3.42. The zero-order chi connectivity index (χ0) is 20.1. The van der Waals surface area contributed by atoms with E-state index in [-0.39, 0.29) is 11.5 Å². The van der Waals surface area contributed by atoms with E-state index >= 15 is 0 Å². The number of urea groups is 1. The molecule has 0 saturated carbocycles. The maximum Gasteiger partial charge on any atom is 0.335 e. The summed E-state index contributed by atoms with van der Waals surface area (Å²) in [7, 11) is 0. The van der Waals surface area contributed by atoms with Gasteiger partial charge in [0.25, 0.3) is 11.8 Å². The second-order valence-corrected chi connectivity index (χ2v) is 6.65. The summed E-state index contributed by atoms with van der Waals surface area (Å²) in [5.41, 5.74) is 0.728. The Morgan fingerprint density at radius 1 is 1.07 bits per heavy atom. The molecule has 2 aliphatic heterocycles. The van der Waals surface area contributed by atoms with E-state index < -0.39 is 17.8 Å². The van der Waals surface area contributed by atoms with Crippen LogP contribution in [0.2, 0.25) is 0 Å². The quantitative estimate of drug-likeness (QED) is 0.614. The molecule has 1 aromatic rings. The van der Waals surface area contributed by atoms with Gasteiger partial charge in [-0.15, -0.1) is 0 Å². The van der Waals surface area contributed by atoms with Crippen LogP contribution < -0.4 is 15.5 Å². The monoisotopic (exact) mass is 382 g/mol. The first kappa shape index (κ1) is 19.3. The fraction of sp³-hybridized carbons (Fsp3) is 0.300. The first-order chi connectivity index (χ1) is 13.5. The van der Waals surface area contributed by atoms with Gasteiger partial charge in [-0.3, -0.25) is 19.7 Å². The van der Waals surface area contributed by atoms with Crippen molar-refractivity contribution in [1.82, 2.24) is 10.2 Å². The highest BCUT2D eigenvalue weighted by Crippen LogP contribution is 2.22. The minimum absolute atomic E-state index is 0.112. The van der Waals surface area contributed by atoms with Gasteiger partial charge in [-0.05, 0) is 61.9 Å². The molecule has 0 unspecified atom stereocenters. The second-order valence-electron chi connectivity index (χ2n) is 6.65. The normalized spacial score (nSPS) is 19.3. The molecule has 146 valence electrons. The van der Waals surface area contributed by atoms with Gasteiger partial charge in [0.05, 0.1) is 5.69 Å². The maximum absolute atomic E-state index is 12.8. The molecule has 0 aromatic heterocycles. The fourth-order valence-corrected chi connectivity index (χ4v) is 3.14. The molecule has 2 N–H and O–H groups in total. The summed E-state index contributed by atoms with van der Waals surface area (Å²) < 4.78 is 0. The third-order valence-electron chi connectivity index (χ3n) is 4.50. The Morgan fingerprint density at radius 2 is 1.75 bits per heavy atom. The highest BCUT2D eigenvalue weighted by Gasteiger charge is 2.36. The van der Waals surface area contributed by atoms with Crippen molar-refractivity contribution >= 4 is 35.1 Å². The second kappa shape index (κ2) is 8.51. The van der Waals surface area contributed by atoms with Crippen LogP contribution in [0.4, 0.5) is 16.2 Å². The molecule has 0 aliphatic carbocycles. The number of hydrogen-bond acceptors (Lipinski definition) is 5. The van der Waals surface area contributed by atoms with Gasteiger partial charge < -0.3 is 10.2 Å². The number of barbiturate groups is 1. The van der Waals surface area contributed by atoms with E-state index in [0.717, 1.165) is 30.8 Å². The van der Waals surface area contributed by atoms with Crippen molar-refractivity contribution in [2.45, 2.75) is 26.2 Å².